The van der Waals surface area contributed by atoms with Gasteiger partial charge in [-0.25, -0.2) is 9.97 Å². The van der Waals surface area contributed by atoms with Gasteiger partial charge in [-0.05, 0) is 30.7 Å². The third-order valence-electron chi connectivity index (χ3n) is 3.72. The SMILES string of the molecule is CSc1ncc2c(=O)n(C3CCCCC3)c(Cl)nc2n1. The second-order valence-electron chi connectivity index (χ2n) is 4.94. The number of rotatable bonds is 2. The second-order valence-corrected chi connectivity index (χ2v) is 6.05. The molecule has 1 fully saturated rings. The first kappa shape index (κ1) is 13.8. The maximum Gasteiger partial charge on any atom is 0.265 e. The van der Waals surface area contributed by atoms with Gasteiger partial charge in [-0.3, -0.25) is 9.36 Å². The Morgan fingerprint density at radius 3 is 2.75 bits per heavy atom. The quantitative estimate of drug-likeness (QED) is 0.630. The fourth-order valence-electron chi connectivity index (χ4n) is 2.70. The minimum atomic E-state index is -0.125. The predicted molar refractivity (Wildman–Crippen MR) is 80.5 cm³/mol. The number of hydrogen-bond donors (Lipinski definition) is 0. The molecule has 0 spiro atoms. The van der Waals surface area contributed by atoms with E-state index in [9.17, 15) is 4.79 Å². The number of hydrogen-bond acceptors (Lipinski definition) is 5. The van der Waals surface area contributed by atoms with E-state index < -0.39 is 0 Å². The first-order valence-electron chi connectivity index (χ1n) is 6.69. The lowest BCUT2D eigenvalue weighted by molar-refractivity contribution is 0.345. The maximum atomic E-state index is 12.6. The van der Waals surface area contributed by atoms with Crippen molar-refractivity contribution in [3.8, 4) is 0 Å². The molecule has 3 rings (SSSR count). The molecular weight excluding hydrogens is 296 g/mol. The number of halogens is 1. The molecule has 20 heavy (non-hydrogen) atoms. The van der Waals surface area contributed by atoms with E-state index in [4.69, 9.17) is 11.6 Å². The first-order chi connectivity index (χ1) is 9.70. The van der Waals surface area contributed by atoms with Gasteiger partial charge in [0.1, 0.15) is 5.39 Å². The van der Waals surface area contributed by atoms with Crippen LogP contribution < -0.4 is 5.56 Å². The van der Waals surface area contributed by atoms with Crippen LogP contribution in [0.3, 0.4) is 0 Å². The first-order valence-corrected chi connectivity index (χ1v) is 8.30. The number of nitrogens with zero attached hydrogens (tertiary/aromatic N) is 4. The lowest BCUT2D eigenvalue weighted by Gasteiger charge is -2.24. The highest BCUT2D eigenvalue weighted by molar-refractivity contribution is 7.98. The van der Waals surface area contributed by atoms with E-state index in [1.54, 1.807) is 10.8 Å². The molecule has 0 amide bonds. The molecule has 0 aromatic carbocycles. The van der Waals surface area contributed by atoms with Gasteiger partial charge >= 0.3 is 0 Å². The molecule has 0 unspecified atom stereocenters. The van der Waals surface area contributed by atoms with Crippen molar-refractivity contribution in [2.24, 2.45) is 0 Å². The van der Waals surface area contributed by atoms with Crippen LogP contribution in [0.1, 0.15) is 38.1 Å². The van der Waals surface area contributed by atoms with Crippen LogP contribution in [0.15, 0.2) is 16.1 Å². The molecule has 2 heterocycles. The summed E-state index contributed by atoms with van der Waals surface area (Å²) in [4.78, 5) is 25.3. The van der Waals surface area contributed by atoms with Gasteiger partial charge in [0.2, 0.25) is 5.28 Å². The summed E-state index contributed by atoms with van der Waals surface area (Å²) in [5.41, 5.74) is 0.256. The normalized spacial score (nSPS) is 16.7. The monoisotopic (exact) mass is 310 g/mol. The van der Waals surface area contributed by atoms with Crippen molar-refractivity contribution in [2.75, 3.05) is 6.26 Å². The van der Waals surface area contributed by atoms with Gasteiger partial charge in [-0.15, -0.1) is 0 Å². The highest BCUT2D eigenvalue weighted by atomic mass is 35.5. The lowest BCUT2D eigenvalue weighted by Crippen LogP contribution is -2.28. The summed E-state index contributed by atoms with van der Waals surface area (Å²) in [5.74, 6) is 0. The van der Waals surface area contributed by atoms with Crippen molar-refractivity contribution >= 4 is 34.4 Å². The highest BCUT2D eigenvalue weighted by Gasteiger charge is 2.21. The molecule has 0 atom stereocenters. The summed E-state index contributed by atoms with van der Waals surface area (Å²) >= 11 is 7.64. The molecule has 0 bridgehead atoms. The molecule has 7 heteroatoms. The highest BCUT2D eigenvalue weighted by Crippen LogP contribution is 2.29. The molecule has 2 aromatic rings. The predicted octanol–water partition coefficient (Wildman–Crippen LogP) is 3.07. The topological polar surface area (TPSA) is 60.7 Å². The van der Waals surface area contributed by atoms with Crippen LogP contribution >= 0.6 is 23.4 Å². The Kier molecular flexibility index (Phi) is 3.94. The zero-order valence-corrected chi connectivity index (χ0v) is 12.7. The van der Waals surface area contributed by atoms with Crippen LogP contribution in [0.25, 0.3) is 11.0 Å². The van der Waals surface area contributed by atoms with Crippen LogP contribution in [0.5, 0.6) is 0 Å². The molecule has 1 saturated carbocycles. The summed E-state index contributed by atoms with van der Waals surface area (Å²) < 4.78 is 1.62. The van der Waals surface area contributed by atoms with Crippen molar-refractivity contribution in [1.29, 1.82) is 0 Å². The summed E-state index contributed by atoms with van der Waals surface area (Å²) in [6.07, 6.45) is 8.89. The van der Waals surface area contributed by atoms with Crippen molar-refractivity contribution in [3.63, 3.8) is 0 Å². The Balaban J connectivity index is 2.16. The summed E-state index contributed by atoms with van der Waals surface area (Å²) in [7, 11) is 0. The molecule has 1 aliphatic rings. The molecule has 106 valence electrons. The third kappa shape index (κ3) is 2.42. The molecule has 5 nitrogen and oxygen atoms in total. The second kappa shape index (κ2) is 5.69. The van der Waals surface area contributed by atoms with Gasteiger partial charge in [0.25, 0.3) is 5.56 Å². The van der Waals surface area contributed by atoms with Gasteiger partial charge in [0.15, 0.2) is 10.8 Å². The number of thioether (sulfide) groups is 1. The molecular formula is C13H15ClN4OS. The van der Waals surface area contributed by atoms with Crippen LogP contribution in [0.2, 0.25) is 5.28 Å². The molecule has 1 aliphatic carbocycles. The van der Waals surface area contributed by atoms with Gasteiger partial charge in [-0.1, -0.05) is 31.0 Å². The van der Waals surface area contributed by atoms with Gasteiger partial charge in [0, 0.05) is 12.2 Å². The molecule has 2 aromatic heterocycles. The Morgan fingerprint density at radius 1 is 1.30 bits per heavy atom. The van der Waals surface area contributed by atoms with E-state index in [2.05, 4.69) is 15.0 Å². The van der Waals surface area contributed by atoms with Crippen LogP contribution in [0.4, 0.5) is 0 Å². The van der Waals surface area contributed by atoms with E-state index in [1.165, 1.54) is 18.2 Å². The zero-order chi connectivity index (χ0) is 14.1. The van der Waals surface area contributed by atoms with E-state index in [0.29, 0.717) is 16.2 Å². The molecule has 0 saturated heterocycles. The Morgan fingerprint density at radius 2 is 2.05 bits per heavy atom. The fourth-order valence-corrected chi connectivity index (χ4v) is 3.33. The smallest absolute Gasteiger partial charge is 0.265 e. The maximum absolute atomic E-state index is 12.6. The average Bonchev–Trinajstić information content (AvgIpc) is 2.47. The van der Waals surface area contributed by atoms with Crippen molar-refractivity contribution < 1.29 is 0 Å². The Hall–Kier alpha value is -1.14. The number of aromatic nitrogens is 4. The van der Waals surface area contributed by atoms with Crippen molar-refractivity contribution in [2.45, 2.75) is 43.3 Å². The van der Waals surface area contributed by atoms with Crippen molar-refractivity contribution in [3.05, 3.63) is 21.8 Å². The van der Waals surface area contributed by atoms with E-state index in [1.807, 2.05) is 6.26 Å². The van der Waals surface area contributed by atoms with Gasteiger partial charge < -0.3 is 0 Å². The van der Waals surface area contributed by atoms with Crippen molar-refractivity contribution in [1.82, 2.24) is 19.5 Å². The molecule has 0 aliphatic heterocycles. The van der Waals surface area contributed by atoms with Gasteiger partial charge in [-0.2, -0.15) is 4.98 Å². The summed E-state index contributed by atoms with van der Waals surface area (Å²) in [6, 6.07) is 0.154. The van der Waals surface area contributed by atoms with E-state index in [-0.39, 0.29) is 16.9 Å². The fraction of sp³-hybridized carbons (Fsp3) is 0.538. The largest absolute Gasteiger partial charge is 0.280 e. The van der Waals surface area contributed by atoms with Crippen LogP contribution in [-0.2, 0) is 0 Å². The third-order valence-corrected chi connectivity index (χ3v) is 4.54. The average molecular weight is 311 g/mol. The van der Waals surface area contributed by atoms with E-state index in [0.717, 1.165) is 25.7 Å². The molecule has 0 N–H and O–H groups in total. The van der Waals surface area contributed by atoms with Gasteiger partial charge in [0.05, 0.1) is 0 Å². The summed E-state index contributed by atoms with van der Waals surface area (Å²) in [6.45, 7) is 0. The lowest BCUT2D eigenvalue weighted by atomic mass is 9.95. The Bertz CT molecular complexity index is 697. The van der Waals surface area contributed by atoms with E-state index >= 15 is 0 Å². The standard InChI is InChI=1S/C13H15ClN4OS/c1-20-13-15-7-9-10(17-13)16-12(14)18(11(9)19)8-5-3-2-4-6-8/h7-8H,2-6H2,1H3. The van der Waals surface area contributed by atoms with Crippen LogP contribution in [-0.4, -0.2) is 25.8 Å². The minimum Gasteiger partial charge on any atom is -0.280 e. The Labute approximate surface area is 125 Å². The van der Waals surface area contributed by atoms with Crippen LogP contribution in [0, 0.1) is 0 Å². The number of fused-ring (bicyclic) bond motifs is 1. The minimum absolute atomic E-state index is 0.125. The summed E-state index contributed by atoms with van der Waals surface area (Å²) in [5, 5.41) is 1.27. The zero-order valence-electron chi connectivity index (χ0n) is 11.2. The molecule has 0 radical (unpaired) electrons.